The van der Waals surface area contributed by atoms with Gasteiger partial charge in [-0.05, 0) is 29.5 Å². The summed E-state index contributed by atoms with van der Waals surface area (Å²) < 4.78 is 7.32. The number of carbonyl (C=O) groups is 1. The third-order valence-corrected chi connectivity index (χ3v) is 2.26. The van der Waals surface area contributed by atoms with Crippen LogP contribution in [-0.4, -0.2) is 33.6 Å². The first-order valence-corrected chi connectivity index (χ1v) is 5.71. The Labute approximate surface area is 102 Å². The summed E-state index contributed by atoms with van der Waals surface area (Å²) in [7, 11) is 0. The highest BCUT2D eigenvalue weighted by molar-refractivity contribution is 14.1. The molecular formula is C9H13IN2O3. The van der Waals surface area contributed by atoms with Crippen LogP contribution < -0.4 is 0 Å². The second-order valence-corrected chi connectivity index (χ2v) is 4.29. The molecule has 15 heavy (non-hydrogen) atoms. The van der Waals surface area contributed by atoms with Crippen LogP contribution in [0, 0.1) is 3.57 Å². The molecule has 1 atom stereocenters. The molecule has 0 saturated heterocycles. The maximum absolute atomic E-state index is 11.0. The van der Waals surface area contributed by atoms with Crippen molar-refractivity contribution in [1.29, 1.82) is 0 Å². The molecular weight excluding hydrogens is 311 g/mol. The number of esters is 1. The van der Waals surface area contributed by atoms with Crippen LogP contribution in [0.25, 0.3) is 0 Å². The van der Waals surface area contributed by atoms with Crippen LogP contribution in [0.4, 0.5) is 0 Å². The standard InChI is InChI=1S/C9H13IN2O3/c1-2-15-9(14)3-8(13)6-12-5-7(10)4-11-12/h4-5,8,13H,2-3,6H2,1H3. The van der Waals surface area contributed by atoms with Crippen molar-refractivity contribution in [2.75, 3.05) is 6.61 Å². The lowest BCUT2D eigenvalue weighted by atomic mass is 10.2. The molecule has 0 aliphatic carbocycles. The zero-order chi connectivity index (χ0) is 11.3. The van der Waals surface area contributed by atoms with Gasteiger partial charge in [-0.25, -0.2) is 0 Å². The van der Waals surface area contributed by atoms with E-state index in [1.807, 2.05) is 0 Å². The predicted octanol–water partition coefficient (Wildman–Crippen LogP) is 0.802. The Bertz CT molecular complexity index is 327. The average molecular weight is 324 g/mol. The number of hydrogen-bond donors (Lipinski definition) is 1. The van der Waals surface area contributed by atoms with Crippen LogP contribution >= 0.6 is 22.6 Å². The Morgan fingerprint density at radius 1 is 1.80 bits per heavy atom. The number of carbonyl (C=O) groups excluding carboxylic acids is 1. The highest BCUT2D eigenvalue weighted by Gasteiger charge is 2.12. The number of aliphatic hydroxyl groups excluding tert-OH is 1. The summed E-state index contributed by atoms with van der Waals surface area (Å²) in [5, 5.41) is 13.6. The van der Waals surface area contributed by atoms with Crippen molar-refractivity contribution in [3.05, 3.63) is 16.0 Å². The Morgan fingerprint density at radius 3 is 3.07 bits per heavy atom. The van der Waals surface area contributed by atoms with Gasteiger partial charge in [0.25, 0.3) is 0 Å². The number of aromatic nitrogens is 2. The molecule has 84 valence electrons. The first-order chi connectivity index (χ1) is 7.11. The fourth-order valence-corrected chi connectivity index (χ4v) is 1.58. The first-order valence-electron chi connectivity index (χ1n) is 4.63. The van der Waals surface area contributed by atoms with Gasteiger partial charge in [-0.1, -0.05) is 0 Å². The molecule has 0 fully saturated rings. The van der Waals surface area contributed by atoms with Gasteiger partial charge in [0, 0.05) is 6.20 Å². The molecule has 1 aromatic heterocycles. The summed E-state index contributed by atoms with van der Waals surface area (Å²) in [4.78, 5) is 11.0. The molecule has 0 aromatic carbocycles. The molecule has 1 rings (SSSR count). The fourth-order valence-electron chi connectivity index (χ4n) is 1.13. The van der Waals surface area contributed by atoms with Gasteiger partial charge in [0.15, 0.2) is 0 Å². The van der Waals surface area contributed by atoms with E-state index >= 15 is 0 Å². The van der Waals surface area contributed by atoms with E-state index in [0.29, 0.717) is 13.2 Å². The molecule has 1 heterocycles. The van der Waals surface area contributed by atoms with Crippen molar-refractivity contribution in [2.45, 2.75) is 26.0 Å². The van der Waals surface area contributed by atoms with Gasteiger partial charge >= 0.3 is 5.97 Å². The molecule has 1 unspecified atom stereocenters. The SMILES string of the molecule is CCOC(=O)CC(O)Cn1cc(I)cn1. The zero-order valence-corrected chi connectivity index (χ0v) is 10.5. The molecule has 6 heteroatoms. The Balaban J connectivity index is 2.35. The quantitative estimate of drug-likeness (QED) is 0.643. The topological polar surface area (TPSA) is 64.3 Å². The van der Waals surface area contributed by atoms with Gasteiger partial charge < -0.3 is 9.84 Å². The van der Waals surface area contributed by atoms with Crippen molar-refractivity contribution >= 4 is 28.6 Å². The summed E-state index contributed by atoms with van der Waals surface area (Å²) in [5.74, 6) is -0.383. The van der Waals surface area contributed by atoms with Crippen LogP contribution in [0.5, 0.6) is 0 Å². The maximum Gasteiger partial charge on any atom is 0.308 e. The summed E-state index contributed by atoms with van der Waals surface area (Å²) in [5.41, 5.74) is 0. The van der Waals surface area contributed by atoms with E-state index < -0.39 is 6.10 Å². The van der Waals surface area contributed by atoms with E-state index in [-0.39, 0.29) is 12.4 Å². The zero-order valence-electron chi connectivity index (χ0n) is 8.39. The summed E-state index contributed by atoms with van der Waals surface area (Å²) in [6, 6.07) is 0. The molecule has 0 radical (unpaired) electrons. The number of rotatable bonds is 5. The number of ether oxygens (including phenoxy) is 1. The maximum atomic E-state index is 11.0. The second-order valence-electron chi connectivity index (χ2n) is 3.04. The van der Waals surface area contributed by atoms with Gasteiger partial charge in [-0.3, -0.25) is 9.48 Å². The average Bonchev–Trinajstić information content (AvgIpc) is 2.51. The van der Waals surface area contributed by atoms with Gasteiger partial charge in [0.1, 0.15) is 0 Å². The summed E-state index contributed by atoms with van der Waals surface area (Å²) in [6.07, 6.45) is 2.75. The van der Waals surface area contributed by atoms with Crippen LogP contribution in [-0.2, 0) is 16.1 Å². The number of halogens is 1. The third kappa shape index (κ3) is 4.61. The van der Waals surface area contributed by atoms with Crippen molar-refractivity contribution in [2.24, 2.45) is 0 Å². The summed E-state index contributed by atoms with van der Waals surface area (Å²) >= 11 is 2.13. The highest BCUT2D eigenvalue weighted by Crippen LogP contribution is 2.04. The van der Waals surface area contributed by atoms with E-state index in [0.717, 1.165) is 3.57 Å². The first kappa shape index (κ1) is 12.4. The van der Waals surface area contributed by atoms with E-state index in [1.54, 1.807) is 24.0 Å². The fraction of sp³-hybridized carbons (Fsp3) is 0.556. The minimum absolute atomic E-state index is 0.00425. The van der Waals surface area contributed by atoms with Crippen LogP contribution in [0.3, 0.4) is 0 Å². The van der Waals surface area contributed by atoms with Crippen LogP contribution in [0.1, 0.15) is 13.3 Å². The molecule has 5 nitrogen and oxygen atoms in total. The number of nitrogens with zero attached hydrogens (tertiary/aromatic N) is 2. The van der Waals surface area contributed by atoms with E-state index in [4.69, 9.17) is 4.74 Å². The number of hydrogen-bond acceptors (Lipinski definition) is 4. The Kier molecular flexibility index (Phi) is 5.03. The van der Waals surface area contributed by atoms with Gasteiger partial charge in [-0.15, -0.1) is 0 Å². The van der Waals surface area contributed by atoms with Gasteiger partial charge in [-0.2, -0.15) is 5.10 Å². The van der Waals surface area contributed by atoms with Crippen molar-refractivity contribution in [3.8, 4) is 0 Å². The highest BCUT2D eigenvalue weighted by atomic mass is 127. The molecule has 0 saturated carbocycles. The number of aliphatic hydroxyl groups is 1. The van der Waals surface area contributed by atoms with Gasteiger partial charge in [0.05, 0.1) is 35.4 Å². The second kappa shape index (κ2) is 6.06. The monoisotopic (exact) mass is 324 g/mol. The molecule has 1 N–H and O–H groups in total. The van der Waals surface area contributed by atoms with Crippen molar-refractivity contribution in [3.63, 3.8) is 0 Å². The largest absolute Gasteiger partial charge is 0.466 e. The normalized spacial score (nSPS) is 12.5. The van der Waals surface area contributed by atoms with Crippen molar-refractivity contribution < 1.29 is 14.6 Å². The van der Waals surface area contributed by atoms with Crippen LogP contribution in [0.2, 0.25) is 0 Å². The van der Waals surface area contributed by atoms with E-state index in [2.05, 4.69) is 27.7 Å². The molecule has 0 spiro atoms. The Morgan fingerprint density at radius 2 is 2.53 bits per heavy atom. The minimum Gasteiger partial charge on any atom is -0.466 e. The van der Waals surface area contributed by atoms with E-state index in [9.17, 15) is 9.90 Å². The third-order valence-electron chi connectivity index (χ3n) is 1.71. The molecule has 0 aliphatic heterocycles. The summed E-state index contributed by atoms with van der Waals surface area (Å²) in [6.45, 7) is 2.38. The molecule has 0 bridgehead atoms. The Hall–Kier alpha value is -0.630. The lowest BCUT2D eigenvalue weighted by Crippen LogP contribution is -2.21. The molecule has 0 amide bonds. The van der Waals surface area contributed by atoms with Crippen molar-refractivity contribution in [1.82, 2.24) is 9.78 Å². The lowest BCUT2D eigenvalue weighted by Gasteiger charge is -2.09. The smallest absolute Gasteiger partial charge is 0.308 e. The molecule has 1 aromatic rings. The minimum atomic E-state index is -0.750. The molecule has 0 aliphatic rings. The van der Waals surface area contributed by atoms with Crippen LogP contribution in [0.15, 0.2) is 12.4 Å². The predicted molar refractivity (Wildman–Crippen MR) is 62.2 cm³/mol. The lowest BCUT2D eigenvalue weighted by molar-refractivity contribution is -0.145. The van der Waals surface area contributed by atoms with Gasteiger partial charge in [0.2, 0.25) is 0 Å². The van der Waals surface area contributed by atoms with E-state index in [1.165, 1.54) is 0 Å².